The van der Waals surface area contributed by atoms with Gasteiger partial charge in [-0.1, -0.05) is 24.8 Å². The van der Waals surface area contributed by atoms with E-state index in [1.165, 1.54) is 11.0 Å². The molecule has 3 rings (SSSR count). The van der Waals surface area contributed by atoms with Crippen LogP contribution in [-0.4, -0.2) is 71.7 Å². The third kappa shape index (κ3) is 8.93. The number of hydrogen-bond donors (Lipinski definition) is 2. The van der Waals surface area contributed by atoms with Gasteiger partial charge in [0.05, 0.1) is 29.4 Å². The molecule has 1 aliphatic carbocycles. The minimum absolute atomic E-state index is 0.0815. The van der Waals surface area contributed by atoms with E-state index in [0.29, 0.717) is 30.3 Å². The zero-order valence-corrected chi connectivity index (χ0v) is 24.1. The SMILES string of the molecule is CCCNc1nc(Nc2ccc(C#N)cc2)ncc1C#CC1CC(CC(=O)[C@H](C)N(C)C(=O)/C=C/CN(C)C)C1. The van der Waals surface area contributed by atoms with Crippen LogP contribution in [0.5, 0.6) is 0 Å². The molecule has 0 spiro atoms. The smallest absolute Gasteiger partial charge is 0.246 e. The Morgan fingerprint density at radius 3 is 2.58 bits per heavy atom. The van der Waals surface area contributed by atoms with Crippen molar-refractivity contribution in [3.8, 4) is 17.9 Å². The van der Waals surface area contributed by atoms with Crippen LogP contribution in [0.1, 0.15) is 50.7 Å². The zero-order chi connectivity index (χ0) is 29.1. The number of ketones is 1. The molecule has 1 aromatic heterocycles. The number of hydrogen-bond acceptors (Lipinski definition) is 8. The molecule has 1 aromatic carbocycles. The lowest BCUT2D eigenvalue weighted by atomic mass is 9.72. The number of nitriles is 1. The molecule has 0 unspecified atom stereocenters. The summed E-state index contributed by atoms with van der Waals surface area (Å²) >= 11 is 0. The molecule has 1 aliphatic rings. The van der Waals surface area contributed by atoms with Gasteiger partial charge in [0, 0.05) is 44.2 Å². The first-order chi connectivity index (χ1) is 19.2. The molecule has 0 saturated heterocycles. The van der Waals surface area contributed by atoms with Gasteiger partial charge in [0.2, 0.25) is 11.9 Å². The number of anilines is 3. The second-order valence-electron chi connectivity index (χ2n) is 10.5. The molecule has 1 saturated carbocycles. The van der Waals surface area contributed by atoms with E-state index in [1.807, 2.05) is 31.1 Å². The Kier molecular flexibility index (Phi) is 11.2. The molecule has 0 aliphatic heterocycles. The summed E-state index contributed by atoms with van der Waals surface area (Å²) in [6.07, 6.45) is 8.18. The summed E-state index contributed by atoms with van der Waals surface area (Å²) in [5.41, 5.74) is 2.11. The molecule has 2 N–H and O–H groups in total. The number of Topliss-reactive ketones (excluding diaryl/α,β-unsaturated/α-hetero) is 1. The molecule has 9 nitrogen and oxygen atoms in total. The standard InChI is InChI=1S/C31H39N7O2/c1-6-15-33-30-26(21-34-31(36-30)35-27-13-10-23(20-32)11-14-27)12-9-24-17-25(18-24)19-28(39)22(2)38(5)29(40)8-7-16-37(3)4/h7-8,10-11,13-14,21-22,24-25H,6,15-19H2,1-5H3,(H2,33,34,35,36)/b8-7+/t22-,24?,25?/m0/s1. The Labute approximate surface area is 237 Å². The lowest BCUT2D eigenvalue weighted by Gasteiger charge is -2.33. The Morgan fingerprint density at radius 1 is 1.20 bits per heavy atom. The van der Waals surface area contributed by atoms with Crippen molar-refractivity contribution in [1.82, 2.24) is 19.8 Å². The van der Waals surface area contributed by atoms with Gasteiger partial charge in [-0.05, 0) is 70.5 Å². The van der Waals surface area contributed by atoms with Gasteiger partial charge in [0.25, 0.3) is 0 Å². The number of nitrogens with zero attached hydrogens (tertiary/aromatic N) is 5. The van der Waals surface area contributed by atoms with Crippen molar-refractivity contribution < 1.29 is 9.59 Å². The number of likely N-dealkylation sites (N-methyl/N-ethyl adjacent to an activating group) is 2. The van der Waals surface area contributed by atoms with Crippen LogP contribution < -0.4 is 10.6 Å². The van der Waals surface area contributed by atoms with E-state index in [-0.39, 0.29) is 23.5 Å². The van der Waals surface area contributed by atoms with E-state index in [9.17, 15) is 9.59 Å². The van der Waals surface area contributed by atoms with Crippen LogP contribution in [0.15, 0.2) is 42.6 Å². The Bertz CT molecular complexity index is 1300. The third-order valence-corrected chi connectivity index (χ3v) is 6.86. The van der Waals surface area contributed by atoms with Crippen molar-refractivity contribution in [2.24, 2.45) is 11.8 Å². The van der Waals surface area contributed by atoms with Gasteiger partial charge in [-0.15, -0.1) is 0 Å². The van der Waals surface area contributed by atoms with Gasteiger partial charge in [0.15, 0.2) is 5.78 Å². The average Bonchev–Trinajstić information content (AvgIpc) is 2.92. The predicted molar refractivity (Wildman–Crippen MR) is 158 cm³/mol. The van der Waals surface area contributed by atoms with E-state index < -0.39 is 6.04 Å². The molecule has 40 heavy (non-hydrogen) atoms. The molecule has 2 aromatic rings. The maximum atomic E-state index is 12.8. The fourth-order valence-corrected chi connectivity index (χ4v) is 4.21. The van der Waals surface area contributed by atoms with Crippen molar-refractivity contribution in [1.29, 1.82) is 5.26 Å². The summed E-state index contributed by atoms with van der Waals surface area (Å²) < 4.78 is 0. The average molecular weight is 542 g/mol. The number of nitrogens with one attached hydrogen (secondary N) is 2. The summed E-state index contributed by atoms with van der Waals surface area (Å²) in [6.45, 7) is 5.31. The van der Waals surface area contributed by atoms with Crippen LogP contribution in [0, 0.1) is 35.0 Å². The summed E-state index contributed by atoms with van der Waals surface area (Å²) in [7, 11) is 5.55. The lowest BCUT2D eigenvalue weighted by Crippen LogP contribution is -2.41. The molecule has 1 atom stereocenters. The van der Waals surface area contributed by atoms with Crippen molar-refractivity contribution >= 4 is 29.1 Å². The maximum Gasteiger partial charge on any atom is 0.246 e. The van der Waals surface area contributed by atoms with Crippen LogP contribution in [0.2, 0.25) is 0 Å². The summed E-state index contributed by atoms with van der Waals surface area (Å²) in [5.74, 6) is 8.12. The van der Waals surface area contributed by atoms with Crippen LogP contribution in [0.25, 0.3) is 0 Å². The van der Waals surface area contributed by atoms with Gasteiger partial charge < -0.3 is 20.4 Å². The number of amides is 1. The van der Waals surface area contributed by atoms with Crippen molar-refractivity contribution in [2.45, 2.75) is 45.6 Å². The van der Waals surface area contributed by atoms with Crippen molar-refractivity contribution in [3.05, 3.63) is 53.7 Å². The summed E-state index contributed by atoms with van der Waals surface area (Å²) in [5, 5.41) is 15.5. The molecule has 1 heterocycles. The fraction of sp³-hybridized carbons (Fsp3) is 0.452. The highest BCUT2D eigenvalue weighted by atomic mass is 16.2. The van der Waals surface area contributed by atoms with Gasteiger partial charge in [-0.25, -0.2) is 4.98 Å². The van der Waals surface area contributed by atoms with E-state index in [0.717, 1.165) is 37.1 Å². The van der Waals surface area contributed by atoms with Crippen LogP contribution in [0.3, 0.4) is 0 Å². The van der Waals surface area contributed by atoms with E-state index in [4.69, 9.17) is 5.26 Å². The topological polar surface area (TPSA) is 114 Å². The number of rotatable bonds is 12. The Morgan fingerprint density at radius 2 is 1.93 bits per heavy atom. The molecule has 1 fully saturated rings. The number of aromatic nitrogens is 2. The summed E-state index contributed by atoms with van der Waals surface area (Å²) in [4.78, 5) is 37.7. The maximum absolute atomic E-state index is 12.8. The van der Waals surface area contributed by atoms with E-state index in [1.54, 1.807) is 38.4 Å². The lowest BCUT2D eigenvalue weighted by molar-refractivity contribution is -0.134. The van der Waals surface area contributed by atoms with Crippen LogP contribution >= 0.6 is 0 Å². The minimum Gasteiger partial charge on any atom is -0.369 e. The van der Waals surface area contributed by atoms with Gasteiger partial charge in [-0.3, -0.25) is 9.59 Å². The van der Waals surface area contributed by atoms with Gasteiger partial charge in [-0.2, -0.15) is 10.2 Å². The number of carbonyl (C=O) groups is 2. The fourth-order valence-electron chi connectivity index (χ4n) is 4.21. The minimum atomic E-state index is -0.456. The molecule has 9 heteroatoms. The molecule has 0 bridgehead atoms. The van der Waals surface area contributed by atoms with Gasteiger partial charge in [0.1, 0.15) is 5.82 Å². The van der Waals surface area contributed by atoms with Crippen LogP contribution in [0.4, 0.5) is 17.5 Å². The highest BCUT2D eigenvalue weighted by molar-refractivity contribution is 5.93. The zero-order valence-electron chi connectivity index (χ0n) is 24.1. The van der Waals surface area contributed by atoms with Crippen molar-refractivity contribution in [3.63, 3.8) is 0 Å². The Hall–Kier alpha value is -4.21. The first-order valence-electron chi connectivity index (χ1n) is 13.7. The quantitative estimate of drug-likeness (QED) is 0.303. The van der Waals surface area contributed by atoms with E-state index in [2.05, 4.69) is 45.4 Å². The van der Waals surface area contributed by atoms with Crippen LogP contribution in [-0.2, 0) is 9.59 Å². The van der Waals surface area contributed by atoms with Gasteiger partial charge >= 0.3 is 0 Å². The largest absolute Gasteiger partial charge is 0.369 e. The van der Waals surface area contributed by atoms with Crippen molar-refractivity contribution in [2.75, 3.05) is 44.9 Å². The highest BCUT2D eigenvalue weighted by Crippen LogP contribution is 2.36. The third-order valence-electron chi connectivity index (χ3n) is 6.86. The second kappa shape index (κ2) is 14.8. The molecule has 0 radical (unpaired) electrons. The normalized spacial score (nSPS) is 16.8. The molecular formula is C31H39N7O2. The molecule has 1 amide bonds. The first-order valence-corrected chi connectivity index (χ1v) is 13.7. The molecular weight excluding hydrogens is 502 g/mol. The second-order valence-corrected chi connectivity index (χ2v) is 10.5. The summed E-state index contributed by atoms with van der Waals surface area (Å²) in [6, 6.07) is 8.75. The van der Waals surface area contributed by atoms with E-state index >= 15 is 0 Å². The molecule has 210 valence electrons. The predicted octanol–water partition coefficient (Wildman–Crippen LogP) is 4.22. The monoisotopic (exact) mass is 541 g/mol. The highest BCUT2D eigenvalue weighted by Gasteiger charge is 2.32. The number of carbonyl (C=O) groups excluding carboxylic acids is 2. The number of benzene rings is 1. The Balaban J connectivity index is 1.55. The first kappa shape index (κ1) is 30.3.